The van der Waals surface area contributed by atoms with Gasteiger partial charge < -0.3 is 33.2 Å². The lowest BCUT2D eigenvalue weighted by molar-refractivity contribution is -0.143. The van der Waals surface area contributed by atoms with Crippen LogP contribution in [0.1, 0.15) is 99.4 Å². The van der Waals surface area contributed by atoms with Gasteiger partial charge in [-0.15, -0.1) is 0 Å². The third kappa shape index (κ3) is 6.62. The fourth-order valence-corrected chi connectivity index (χ4v) is 10.3. The lowest BCUT2D eigenvalue weighted by Crippen LogP contribution is -2.44. The van der Waals surface area contributed by atoms with Crippen LogP contribution in [0.5, 0.6) is 17.2 Å². The molecule has 0 bridgehead atoms. The molecule has 0 unspecified atom stereocenters. The van der Waals surface area contributed by atoms with Gasteiger partial charge >= 0.3 is 17.9 Å². The molecule has 0 saturated heterocycles. The van der Waals surface area contributed by atoms with Crippen LogP contribution in [0.15, 0.2) is 18.7 Å². The molecule has 2 aromatic rings. The molecular weight excluding hydrogens is 688 g/mol. The summed E-state index contributed by atoms with van der Waals surface area (Å²) < 4.78 is 43.0. The van der Waals surface area contributed by atoms with E-state index in [0.717, 1.165) is 12.8 Å². The fraction of sp³-hybridized carbons (Fsp3) is 0.667. The minimum Gasteiger partial charge on any atom is -0.495 e. The number of methoxy groups -OCH3 is 5. The highest BCUT2D eigenvalue weighted by atomic mass is 32.1. The molecule has 3 saturated carbocycles. The Morgan fingerprint density at radius 3 is 2.00 bits per heavy atom. The molecule has 286 valence electrons. The zero-order valence-electron chi connectivity index (χ0n) is 32.3. The van der Waals surface area contributed by atoms with Crippen LogP contribution in [0, 0.1) is 46.3 Å². The van der Waals surface area contributed by atoms with E-state index < -0.39 is 29.4 Å². The SMILES string of the molecule is COC(=O)c1c(OC)c(C(=O)OC)c(OC)c([C@H](CC(C)C)[C@]2(C)[C@@H]3[C@@H](C[C@@H]2OC(=S)n2ccnc2)[C@@H](COC(C)=O)CC[C@@H]2[C@H]3C2(C)C)c1OC. The molecule has 12 nitrogen and oxygen atoms in total. The number of imidazole rings is 1. The van der Waals surface area contributed by atoms with Crippen molar-refractivity contribution in [2.45, 2.75) is 79.2 Å². The molecule has 0 aliphatic heterocycles. The number of hydrogen-bond donors (Lipinski definition) is 0. The number of hydrogen-bond acceptors (Lipinski definition) is 12. The molecule has 1 aromatic heterocycles. The van der Waals surface area contributed by atoms with Crippen molar-refractivity contribution in [1.29, 1.82) is 0 Å². The number of ether oxygens (including phenoxy) is 7. The van der Waals surface area contributed by atoms with Crippen LogP contribution in [0.4, 0.5) is 0 Å². The highest BCUT2D eigenvalue weighted by Gasteiger charge is 2.72. The molecule has 3 fully saturated rings. The Labute approximate surface area is 312 Å². The van der Waals surface area contributed by atoms with E-state index >= 15 is 0 Å². The summed E-state index contributed by atoms with van der Waals surface area (Å²) in [6, 6.07) is 0. The lowest BCUT2D eigenvalue weighted by Gasteiger charge is -2.47. The van der Waals surface area contributed by atoms with Crippen LogP contribution >= 0.6 is 12.2 Å². The number of fused-ring (bicyclic) bond motifs is 3. The maximum Gasteiger partial charge on any atom is 0.345 e. The standard InChI is InChI=1S/C39H54N2O10S/c1-20(2)16-25(27-32(45-7)28(35(43)48-10)34(47-9)29(33(27)46-8)36(44)49-11)39(6)26(51-37(52)41-15-14-40-19-41)17-23-22(18-50-21(3)42)12-13-24-31(30(23)39)38(24,4)5/h14-15,19-20,22-26,30-31H,12-13,16-18H2,1-11H3/t22-,23+,24-,25+,26+,30-,31-,39+/m1/s1. The van der Waals surface area contributed by atoms with Crippen molar-refractivity contribution in [2.24, 2.45) is 46.3 Å². The molecule has 52 heavy (non-hydrogen) atoms. The van der Waals surface area contributed by atoms with Crippen LogP contribution in [0.25, 0.3) is 0 Å². The molecule has 1 aromatic carbocycles. The summed E-state index contributed by atoms with van der Waals surface area (Å²) in [6.07, 6.45) is 7.75. The highest BCUT2D eigenvalue weighted by Crippen LogP contribution is 2.76. The summed E-state index contributed by atoms with van der Waals surface area (Å²) in [5.41, 5.74) is -0.214. The number of benzene rings is 1. The number of thiocarbonyl (C=S) groups is 1. The quantitative estimate of drug-likeness (QED) is 0.130. The van der Waals surface area contributed by atoms with Gasteiger partial charge in [-0.25, -0.2) is 14.6 Å². The van der Waals surface area contributed by atoms with Crippen LogP contribution < -0.4 is 14.2 Å². The average Bonchev–Trinajstić information content (AvgIpc) is 3.40. The molecular formula is C39H54N2O10S. The predicted molar refractivity (Wildman–Crippen MR) is 196 cm³/mol. The normalized spacial score (nSPS) is 27.7. The first-order valence-corrected chi connectivity index (χ1v) is 18.4. The summed E-state index contributed by atoms with van der Waals surface area (Å²) in [5, 5.41) is 0.260. The highest BCUT2D eigenvalue weighted by molar-refractivity contribution is 7.80. The van der Waals surface area contributed by atoms with E-state index in [4.69, 9.17) is 45.4 Å². The summed E-state index contributed by atoms with van der Waals surface area (Å²) in [7, 11) is 6.87. The molecule has 0 N–H and O–H groups in total. The topological polar surface area (TPSA) is 134 Å². The molecule has 0 amide bonds. The minimum absolute atomic E-state index is 0.0414. The van der Waals surface area contributed by atoms with Crippen molar-refractivity contribution in [3.8, 4) is 17.2 Å². The van der Waals surface area contributed by atoms with Crippen LogP contribution in [-0.2, 0) is 23.7 Å². The Morgan fingerprint density at radius 2 is 1.52 bits per heavy atom. The van der Waals surface area contributed by atoms with E-state index in [0.29, 0.717) is 36.8 Å². The maximum atomic E-state index is 13.7. The first kappa shape index (κ1) is 39.3. The third-order valence-electron chi connectivity index (χ3n) is 12.4. The van der Waals surface area contributed by atoms with Gasteiger partial charge in [0.1, 0.15) is 35.1 Å². The second-order valence-electron chi connectivity index (χ2n) is 15.7. The molecule has 0 spiro atoms. The Hall–Kier alpha value is -3.87. The van der Waals surface area contributed by atoms with Gasteiger partial charge in [-0.2, -0.15) is 0 Å². The van der Waals surface area contributed by atoms with Gasteiger partial charge in [0.2, 0.25) is 0 Å². The van der Waals surface area contributed by atoms with Gasteiger partial charge in [0, 0.05) is 36.2 Å². The number of aromatic nitrogens is 2. The van der Waals surface area contributed by atoms with E-state index in [1.54, 1.807) is 23.3 Å². The number of carbonyl (C=O) groups is 3. The molecule has 3 aliphatic carbocycles. The first-order chi connectivity index (χ1) is 24.6. The van der Waals surface area contributed by atoms with Gasteiger partial charge in [-0.1, -0.05) is 34.6 Å². The van der Waals surface area contributed by atoms with E-state index in [9.17, 15) is 14.4 Å². The van der Waals surface area contributed by atoms with E-state index in [1.165, 1.54) is 42.5 Å². The summed E-state index contributed by atoms with van der Waals surface area (Å²) in [5.74, 6) is -0.784. The summed E-state index contributed by atoms with van der Waals surface area (Å²) in [4.78, 5) is 43.7. The molecule has 1 heterocycles. The molecule has 8 atom stereocenters. The smallest absolute Gasteiger partial charge is 0.345 e. The lowest BCUT2D eigenvalue weighted by atomic mass is 9.59. The minimum atomic E-state index is -0.742. The fourth-order valence-electron chi connectivity index (χ4n) is 10.1. The monoisotopic (exact) mass is 742 g/mol. The van der Waals surface area contributed by atoms with Crippen molar-refractivity contribution in [3.05, 3.63) is 35.4 Å². The van der Waals surface area contributed by atoms with Crippen molar-refractivity contribution < 1.29 is 47.5 Å². The van der Waals surface area contributed by atoms with Crippen molar-refractivity contribution in [3.63, 3.8) is 0 Å². The van der Waals surface area contributed by atoms with Crippen molar-refractivity contribution >= 4 is 35.3 Å². The van der Waals surface area contributed by atoms with E-state index in [-0.39, 0.29) is 68.6 Å². The number of rotatable bonds is 12. The molecule has 13 heteroatoms. The number of esters is 3. The van der Waals surface area contributed by atoms with Crippen molar-refractivity contribution in [2.75, 3.05) is 42.2 Å². The molecule has 0 radical (unpaired) electrons. The zero-order chi connectivity index (χ0) is 38.3. The van der Waals surface area contributed by atoms with Gasteiger partial charge in [0.25, 0.3) is 5.17 Å². The maximum absolute atomic E-state index is 13.7. The zero-order valence-corrected chi connectivity index (χ0v) is 33.1. The first-order valence-electron chi connectivity index (χ1n) is 18.0. The van der Waals surface area contributed by atoms with E-state index in [1.807, 2.05) is 0 Å². The number of carbonyl (C=O) groups excluding carboxylic acids is 3. The Kier molecular flexibility index (Phi) is 11.5. The molecule has 3 aliphatic rings. The van der Waals surface area contributed by atoms with Gasteiger partial charge in [-0.05, 0) is 78.8 Å². The van der Waals surface area contributed by atoms with E-state index in [2.05, 4.69) is 39.6 Å². The Morgan fingerprint density at radius 1 is 0.923 bits per heavy atom. The summed E-state index contributed by atoms with van der Waals surface area (Å²) >= 11 is 5.91. The second-order valence-corrected chi connectivity index (χ2v) is 16.0. The van der Waals surface area contributed by atoms with Gasteiger partial charge in [-0.3, -0.25) is 9.36 Å². The second kappa shape index (κ2) is 15.2. The Bertz CT molecular complexity index is 1630. The largest absolute Gasteiger partial charge is 0.495 e. The Balaban J connectivity index is 1.86. The van der Waals surface area contributed by atoms with Crippen LogP contribution in [-0.4, -0.2) is 80.9 Å². The molecule has 5 rings (SSSR count). The summed E-state index contributed by atoms with van der Waals surface area (Å²) in [6.45, 7) is 13.0. The predicted octanol–water partition coefficient (Wildman–Crippen LogP) is 6.72. The van der Waals surface area contributed by atoms with Crippen LogP contribution in [0.2, 0.25) is 0 Å². The van der Waals surface area contributed by atoms with Crippen molar-refractivity contribution in [1.82, 2.24) is 9.55 Å². The third-order valence-corrected chi connectivity index (χ3v) is 12.7. The van der Waals surface area contributed by atoms with Gasteiger partial charge in [0.15, 0.2) is 5.75 Å². The van der Waals surface area contributed by atoms with Crippen LogP contribution in [0.3, 0.4) is 0 Å². The number of nitrogens with zero attached hydrogens (tertiary/aromatic N) is 2. The average molecular weight is 743 g/mol. The van der Waals surface area contributed by atoms with Gasteiger partial charge in [0.05, 0.1) is 42.2 Å².